The van der Waals surface area contributed by atoms with Crippen LogP contribution in [0.2, 0.25) is 5.02 Å². The number of carbonyl (C=O) groups excluding carboxylic acids is 1. The van der Waals surface area contributed by atoms with E-state index in [0.717, 1.165) is 12.0 Å². The number of hydrogen-bond acceptors (Lipinski definition) is 2. The SMILES string of the molecule is NC(CCc1ccccc1)C(=O)NCc1cccc(Cl)c1. The predicted octanol–water partition coefficient (Wildman–Crippen LogP) is 2.92. The summed E-state index contributed by atoms with van der Waals surface area (Å²) in [6.07, 6.45) is 1.43. The second-order valence-corrected chi connectivity index (χ2v) is 5.41. The summed E-state index contributed by atoms with van der Waals surface area (Å²) in [4.78, 5) is 12.0. The fourth-order valence-corrected chi connectivity index (χ4v) is 2.28. The molecule has 0 aliphatic carbocycles. The quantitative estimate of drug-likeness (QED) is 0.862. The van der Waals surface area contributed by atoms with Gasteiger partial charge in [-0.15, -0.1) is 0 Å². The molecule has 0 heterocycles. The minimum atomic E-state index is -0.496. The molecule has 0 aliphatic heterocycles. The topological polar surface area (TPSA) is 55.1 Å². The third-order valence-corrected chi connectivity index (χ3v) is 3.51. The Kier molecular flexibility index (Phi) is 5.78. The van der Waals surface area contributed by atoms with Crippen molar-refractivity contribution in [3.8, 4) is 0 Å². The molecule has 0 spiro atoms. The van der Waals surface area contributed by atoms with Gasteiger partial charge in [-0.2, -0.15) is 0 Å². The third kappa shape index (κ3) is 5.21. The fraction of sp³-hybridized carbons (Fsp3) is 0.235. The van der Waals surface area contributed by atoms with Crippen LogP contribution in [-0.2, 0) is 17.8 Å². The summed E-state index contributed by atoms with van der Waals surface area (Å²) < 4.78 is 0. The van der Waals surface area contributed by atoms with Crippen LogP contribution < -0.4 is 11.1 Å². The van der Waals surface area contributed by atoms with Crippen LogP contribution in [0.25, 0.3) is 0 Å². The number of nitrogens with two attached hydrogens (primary N) is 1. The third-order valence-electron chi connectivity index (χ3n) is 3.28. The van der Waals surface area contributed by atoms with Gasteiger partial charge in [0.25, 0.3) is 0 Å². The molecule has 4 heteroatoms. The molecule has 0 saturated heterocycles. The van der Waals surface area contributed by atoms with E-state index in [1.165, 1.54) is 5.56 Å². The Labute approximate surface area is 130 Å². The van der Waals surface area contributed by atoms with E-state index in [4.69, 9.17) is 17.3 Å². The van der Waals surface area contributed by atoms with E-state index in [0.29, 0.717) is 18.0 Å². The second-order valence-electron chi connectivity index (χ2n) is 4.98. The number of carbonyl (C=O) groups is 1. The predicted molar refractivity (Wildman–Crippen MR) is 86.0 cm³/mol. The minimum Gasteiger partial charge on any atom is -0.351 e. The Bertz CT molecular complexity index is 586. The van der Waals surface area contributed by atoms with Gasteiger partial charge in [-0.05, 0) is 36.1 Å². The maximum absolute atomic E-state index is 12.0. The lowest BCUT2D eigenvalue weighted by molar-refractivity contribution is -0.122. The first-order valence-electron chi connectivity index (χ1n) is 6.97. The Morgan fingerprint density at radius 1 is 1.10 bits per heavy atom. The number of nitrogens with one attached hydrogen (secondary N) is 1. The highest BCUT2D eigenvalue weighted by Crippen LogP contribution is 2.10. The van der Waals surface area contributed by atoms with Crippen molar-refractivity contribution < 1.29 is 4.79 Å². The van der Waals surface area contributed by atoms with Crippen LogP contribution in [0, 0.1) is 0 Å². The van der Waals surface area contributed by atoms with Gasteiger partial charge in [0, 0.05) is 11.6 Å². The molecule has 0 aliphatic rings. The van der Waals surface area contributed by atoms with E-state index in [2.05, 4.69) is 5.32 Å². The second kappa shape index (κ2) is 7.81. The number of hydrogen-bond donors (Lipinski definition) is 2. The summed E-state index contributed by atoms with van der Waals surface area (Å²) in [5.74, 6) is -0.133. The maximum atomic E-state index is 12.0. The molecule has 3 N–H and O–H groups in total. The lowest BCUT2D eigenvalue weighted by Crippen LogP contribution is -2.40. The lowest BCUT2D eigenvalue weighted by Gasteiger charge is -2.12. The molecule has 0 aromatic heterocycles. The summed E-state index contributed by atoms with van der Waals surface area (Å²) >= 11 is 5.90. The van der Waals surface area contributed by atoms with Crippen molar-refractivity contribution in [1.82, 2.24) is 5.32 Å². The van der Waals surface area contributed by atoms with Crippen LogP contribution in [0.4, 0.5) is 0 Å². The molecule has 0 saturated carbocycles. The molecule has 110 valence electrons. The van der Waals surface area contributed by atoms with Gasteiger partial charge in [-0.25, -0.2) is 0 Å². The van der Waals surface area contributed by atoms with Crippen LogP contribution >= 0.6 is 11.6 Å². The monoisotopic (exact) mass is 302 g/mol. The average molecular weight is 303 g/mol. The molecule has 21 heavy (non-hydrogen) atoms. The van der Waals surface area contributed by atoms with E-state index in [9.17, 15) is 4.79 Å². The number of halogens is 1. The van der Waals surface area contributed by atoms with E-state index >= 15 is 0 Å². The van der Waals surface area contributed by atoms with Gasteiger partial charge < -0.3 is 11.1 Å². The molecule has 1 unspecified atom stereocenters. The number of aryl methyl sites for hydroxylation is 1. The molecule has 1 amide bonds. The molecule has 2 aromatic rings. The number of rotatable bonds is 6. The van der Waals surface area contributed by atoms with Gasteiger partial charge in [-0.1, -0.05) is 54.1 Å². The molecule has 0 bridgehead atoms. The molecular formula is C17H19ClN2O. The van der Waals surface area contributed by atoms with Crippen LogP contribution in [-0.4, -0.2) is 11.9 Å². The van der Waals surface area contributed by atoms with E-state index in [1.54, 1.807) is 6.07 Å². The van der Waals surface area contributed by atoms with Crippen molar-refractivity contribution in [2.24, 2.45) is 5.73 Å². The highest BCUT2D eigenvalue weighted by atomic mass is 35.5. The maximum Gasteiger partial charge on any atom is 0.237 e. The van der Waals surface area contributed by atoms with Crippen LogP contribution in [0.3, 0.4) is 0 Å². The average Bonchev–Trinajstić information content (AvgIpc) is 2.51. The molecule has 2 aromatic carbocycles. The Hall–Kier alpha value is -1.84. The number of benzene rings is 2. The molecule has 1 atom stereocenters. The van der Waals surface area contributed by atoms with Crippen molar-refractivity contribution in [3.63, 3.8) is 0 Å². The van der Waals surface area contributed by atoms with Gasteiger partial charge in [0.15, 0.2) is 0 Å². The zero-order valence-electron chi connectivity index (χ0n) is 11.8. The first-order chi connectivity index (χ1) is 10.1. The van der Waals surface area contributed by atoms with Crippen LogP contribution in [0.5, 0.6) is 0 Å². The van der Waals surface area contributed by atoms with E-state index < -0.39 is 6.04 Å². The fourth-order valence-electron chi connectivity index (χ4n) is 2.07. The van der Waals surface area contributed by atoms with E-state index in [1.807, 2.05) is 48.5 Å². The first kappa shape index (κ1) is 15.5. The Morgan fingerprint density at radius 3 is 2.52 bits per heavy atom. The highest BCUT2D eigenvalue weighted by molar-refractivity contribution is 6.30. The van der Waals surface area contributed by atoms with Crippen LogP contribution in [0.1, 0.15) is 17.5 Å². The summed E-state index contributed by atoms with van der Waals surface area (Å²) in [5.41, 5.74) is 8.08. The molecule has 0 radical (unpaired) electrons. The zero-order chi connectivity index (χ0) is 15.1. The highest BCUT2D eigenvalue weighted by Gasteiger charge is 2.12. The van der Waals surface area contributed by atoms with Gasteiger partial charge in [0.2, 0.25) is 5.91 Å². The smallest absolute Gasteiger partial charge is 0.237 e. The largest absolute Gasteiger partial charge is 0.351 e. The summed E-state index contributed by atoms with van der Waals surface area (Å²) in [5, 5.41) is 3.50. The van der Waals surface area contributed by atoms with Crippen molar-refractivity contribution >= 4 is 17.5 Å². The summed E-state index contributed by atoms with van der Waals surface area (Å²) in [6.45, 7) is 0.443. The van der Waals surface area contributed by atoms with Gasteiger partial charge in [0.1, 0.15) is 0 Å². The van der Waals surface area contributed by atoms with Gasteiger partial charge in [0.05, 0.1) is 6.04 Å². The van der Waals surface area contributed by atoms with Crippen LogP contribution in [0.15, 0.2) is 54.6 Å². The van der Waals surface area contributed by atoms with Crippen molar-refractivity contribution in [1.29, 1.82) is 0 Å². The standard InChI is InChI=1S/C17H19ClN2O/c18-15-8-4-7-14(11-15)12-20-17(21)16(19)10-9-13-5-2-1-3-6-13/h1-8,11,16H,9-10,12,19H2,(H,20,21). The molecular weight excluding hydrogens is 284 g/mol. The lowest BCUT2D eigenvalue weighted by atomic mass is 10.1. The molecule has 2 rings (SSSR count). The zero-order valence-corrected chi connectivity index (χ0v) is 12.5. The van der Waals surface area contributed by atoms with E-state index in [-0.39, 0.29) is 5.91 Å². The Morgan fingerprint density at radius 2 is 1.81 bits per heavy atom. The normalized spacial score (nSPS) is 11.9. The minimum absolute atomic E-state index is 0.133. The van der Waals surface area contributed by atoms with Gasteiger partial charge in [-0.3, -0.25) is 4.79 Å². The number of amides is 1. The summed E-state index contributed by atoms with van der Waals surface area (Å²) in [7, 11) is 0. The molecule has 0 fully saturated rings. The summed E-state index contributed by atoms with van der Waals surface area (Å²) in [6, 6.07) is 16.9. The Balaban J connectivity index is 1.77. The first-order valence-corrected chi connectivity index (χ1v) is 7.34. The van der Waals surface area contributed by atoms with Crippen molar-refractivity contribution in [3.05, 3.63) is 70.7 Å². The van der Waals surface area contributed by atoms with Crippen molar-refractivity contribution in [2.45, 2.75) is 25.4 Å². The molecule has 3 nitrogen and oxygen atoms in total. The van der Waals surface area contributed by atoms with Crippen molar-refractivity contribution in [2.75, 3.05) is 0 Å². The van der Waals surface area contributed by atoms with Gasteiger partial charge >= 0.3 is 0 Å².